The van der Waals surface area contributed by atoms with Gasteiger partial charge in [-0.3, -0.25) is 9.48 Å². The Morgan fingerprint density at radius 3 is 2.79 bits per heavy atom. The minimum absolute atomic E-state index is 0.00758. The molecular weight excluding hydrogens is 306 g/mol. The first-order valence-corrected chi connectivity index (χ1v) is 6.89. The van der Waals surface area contributed by atoms with E-state index in [9.17, 15) is 4.79 Å². The van der Waals surface area contributed by atoms with Crippen molar-refractivity contribution in [3.8, 4) is 0 Å². The molecule has 0 bridgehead atoms. The van der Waals surface area contributed by atoms with Gasteiger partial charge in [-0.15, -0.1) is 0 Å². The maximum atomic E-state index is 12.2. The number of halogens is 1. The summed E-state index contributed by atoms with van der Waals surface area (Å²) >= 11 is 3.37. The average Bonchev–Trinajstić information content (AvgIpc) is 2.80. The number of aromatic nitrogens is 2. The second-order valence-corrected chi connectivity index (χ2v) is 5.57. The highest BCUT2D eigenvalue weighted by atomic mass is 79.9. The molecule has 0 aliphatic rings. The Kier molecular flexibility index (Phi) is 4.04. The highest BCUT2D eigenvalue weighted by Gasteiger charge is 2.13. The molecule has 0 aliphatic carbocycles. The molecule has 0 spiro atoms. The third-order valence-corrected chi connectivity index (χ3v) is 3.52. The minimum atomic E-state index is 0.00758. The number of hydrogen-bond donors (Lipinski definition) is 1. The van der Waals surface area contributed by atoms with Crippen LogP contribution in [0.1, 0.15) is 35.9 Å². The maximum Gasteiger partial charge on any atom is 0.170 e. The Balaban J connectivity index is 2.18. The molecule has 5 heteroatoms. The van der Waals surface area contributed by atoms with Crippen LogP contribution in [0.25, 0.3) is 0 Å². The van der Waals surface area contributed by atoms with E-state index in [2.05, 4.69) is 21.0 Å². The fraction of sp³-hybridized carbons (Fsp3) is 0.286. The third kappa shape index (κ3) is 3.23. The fourth-order valence-corrected chi connectivity index (χ4v) is 2.24. The van der Waals surface area contributed by atoms with Gasteiger partial charge in [0.2, 0.25) is 0 Å². The molecular formula is C14H16BrN3O. The van der Waals surface area contributed by atoms with Crippen molar-refractivity contribution in [2.24, 2.45) is 0 Å². The summed E-state index contributed by atoms with van der Waals surface area (Å²) in [6, 6.07) is 7.40. The van der Waals surface area contributed by atoms with Crippen molar-refractivity contribution < 1.29 is 4.79 Å². The number of nitrogens with zero attached hydrogens (tertiary/aromatic N) is 2. The first-order chi connectivity index (χ1) is 8.97. The molecule has 2 aromatic rings. The van der Waals surface area contributed by atoms with Crippen molar-refractivity contribution in [2.45, 2.75) is 26.3 Å². The molecule has 0 amide bonds. The molecule has 2 rings (SSSR count). The molecule has 1 heterocycles. The number of Topliss-reactive ketones (excluding diaryl/α,β-unsaturated/α-hetero) is 1. The Morgan fingerprint density at radius 2 is 2.16 bits per heavy atom. The number of carbonyl (C=O) groups excluding carboxylic acids is 1. The first-order valence-electron chi connectivity index (χ1n) is 6.09. The molecule has 0 saturated carbocycles. The van der Waals surface area contributed by atoms with Crippen LogP contribution in [0.2, 0.25) is 0 Å². The van der Waals surface area contributed by atoms with Crippen LogP contribution in [-0.2, 0) is 6.42 Å². The number of nitrogen functional groups attached to an aromatic ring is 1. The molecule has 4 nitrogen and oxygen atoms in total. The molecule has 0 atom stereocenters. The van der Waals surface area contributed by atoms with E-state index in [1.807, 2.05) is 30.8 Å². The van der Waals surface area contributed by atoms with Gasteiger partial charge < -0.3 is 5.73 Å². The van der Waals surface area contributed by atoms with E-state index in [-0.39, 0.29) is 12.2 Å². The van der Waals surface area contributed by atoms with Crippen molar-refractivity contribution >= 4 is 27.4 Å². The Morgan fingerprint density at radius 1 is 1.42 bits per heavy atom. The Labute approximate surface area is 120 Å². The van der Waals surface area contributed by atoms with E-state index in [1.165, 1.54) is 0 Å². The number of carbonyl (C=O) groups is 1. The number of hydrogen-bond acceptors (Lipinski definition) is 3. The fourth-order valence-electron chi connectivity index (χ4n) is 1.78. The molecule has 100 valence electrons. The van der Waals surface area contributed by atoms with Crippen LogP contribution in [0.3, 0.4) is 0 Å². The van der Waals surface area contributed by atoms with E-state index < -0.39 is 0 Å². The van der Waals surface area contributed by atoms with Gasteiger partial charge in [0.15, 0.2) is 5.78 Å². The zero-order chi connectivity index (χ0) is 14.0. The van der Waals surface area contributed by atoms with Gasteiger partial charge >= 0.3 is 0 Å². The predicted octanol–water partition coefficient (Wildman–Crippen LogP) is 3.23. The second kappa shape index (κ2) is 5.57. The first kappa shape index (κ1) is 13.8. The smallest absolute Gasteiger partial charge is 0.170 e. The molecule has 1 aromatic carbocycles. The Bertz CT molecular complexity index is 604. The van der Waals surface area contributed by atoms with Crippen molar-refractivity contribution in [1.82, 2.24) is 9.78 Å². The molecule has 2 N–H and O–H groups in total. The minimum Gasteiger partial charge on any atom is -0.399 e. The average molecular weight is 322 g/mol. The number of nitrogens with two attached hydrogens (primary N) is 1. The lowest BCUT2D eigenvalue weighted by Crippen LogP contribution is -2.07. The van der Waals surface area contributed by atoms with Crippen LogP contribution in [0, 0.1) is 0 Å². The number of benzene rings is 1. The summed E-state index contributed by atoms with van der Waals surface area (Å²) in [5.41, 5.74) is 7.66. The standard InChI is InChI=1S/C14H16BrN3O/c1-9(2)18-6-5-11(17-18)8-14(19)12-7-10(16)3-4-13(12)15/h3-7,9H,8,16H2,1-2H3. The zero-order valence-electron chi connectivity index (χ0n) is 10.9. The maximum absolute atomic E-state index is 12.2. The van der Waals surface area contributed by atoms with E-state index >= 15 is 0 Å². The lowest BCUT2D eigenvalue weighted by molar-refractivity contribution is 0.0991. The largest absolute Gasteiger partial charge is 0.399 e. The highest BCUT2D eigenvalue weighted by Crippen LogP contribution is 2.21. The Hall–Kier alpha value is -1.62. The predicted molar refractivity (Wildman–Crippen MR) is 79.2 cm³/mol. The number of ketones is 1. The SMILES string of the molecule is CC(C)n1ccc(CC(=O)c2cc(N)ccc2Br)n1. The summed E-state index contributed by atoms with van der Waals surface area (Å²) in [5.74, 6) is 0.00758. The van der Waals surface area contributed by atoms with E-state index in [0.717, 1.165) is 10.2 Å². The lowest BCUT2D eigenvalue weighted by Gasteiger charge is -2.05. The quantitative estimate of drug-likeness (QED) is 0.694. The van der Waals surface area contributed by atoms with Gasteiger partial charge in [0, 0.05) is 28.0 Å². The van der Waals surface area contributed by atoms with Crippen molar-refractivity contribution in [1.29, 1.82) is 0 Å². The van der Waals surface area contributed by atoms with Crippen LogP contribution in [0.4, 0.5) is 5.69 Å². The molecule has 0 saturated heterocycles. The van der Waals surface area contributed by atoms with Crippen molar-refractivity contribution in [2.75, 3.05) is 5.73 Å². The van der Waals surface area contributed by atoms with Gasteiger partial charge in [0.05, 0.1) is 12.1 Å². The van der Waals surface area contributed by atoms with Crippen molar-refractivity contribution in [3.63, 3.8) is 0 Å². The lowest BCUT2D eigenvalue weighted by atomic mass is 10.1. The summed E-state index contributed by atoms with van der Waals surface area (Å²) in [7, 11) is 0. The van der Waals surface area contributed by atoms with Crippen LogP contribution < -0.4 is 5.73 Å². The summed E-state index contributed by atoms with van der Waals surface area (Å²) in [5, 5.41) is 4.38. The highest BCUT2D eigenvalue weighted by molar-refractivity contribution is 9.10. The summed E-state index contributed by atoms with van der Waals surface area (Å²) in [4.78, 5) is 12.2. The van der Waals surface area contributed by atoms with Gasteiger partial charge in [0.1, 0.15) is 0 Å². The van der Waals surface area contributed by atoms with Gasteiger partial charge in [-0.25, -0.2) is 0 Å². The van der Waals surface area contributed by atoms with Gasteiger partial charge in [0.25, 0.3) is 0 Å². The summed E-state index contributed by atoms with van der Waals surface area (Å²) in [6.45, 7) is 4.10. The molecule has 0 radical (unpaired) electrons. The second-order valence-electron chi connectivity index (χ2n) is 4.72. The van der Waals surface area contributed by atoms with E-state index in [0.29, 0.717) is 17.3 Å². The molecule has 1 aromatic heterocycles. The number of rotatable bonds is 4. The van der Waals surface area contributed by atoms with E-state index in [1.54, 1.807) is 18.2 Å². The summed E-state index contributed by atoms with van der Waals surface area (Å²) in [6.07, 6.45) is 2.17. The van der Waals surface area contributed by atoms with E-state index in [4.69, 9.17) is 5.73 Å². The van der Waals surface area contributed by atoms with Gasteiger partial charge in [-0.1, -0.05) is 15.9 Å². The normalized spacial score (nSPS) is 10.9. The van der Waals surface area contributed by atoms with Crippen LogP contribution >= 0.6 is 15.9 Å². The third-order valence-electron chi connectivity index (χ3n) is 2.83. The van der Waals surface area contributed by atoms with Crippen LogP contribution in [0.5, 0.6) is 0 Å². The van der Waals surface area contributed by atoms with Gasteiger partial charge in [-0.05, 0) is 38.1 Å². The number of anilines is 1. The molecule has 0 fully saturated rings. The molecule has 19 heavy (non-hydrogen) atoms. The monoisotopic (exact) mass is 321 g/mol. The molecule has 0 aliphatic heterocycles. The zero-order valence-corrected chi connectivity index (χ0v) is 12.5. The summed E-state index contributed by atoms with van der Waals surface area (Å²) < 4.78 is 2.60. The van der Waals surface area contributed by atoms with Crippen molar-refractivity contribution in [3.05, 3.63) is 46.2 Å². The van der Waals surface area contributed by atoms with Crippen LogP contribution in [-0.4, -0.2) is 15.6 Å². The van der Waals surface area contributed by atoms with Gasteiger partial charge in [-0.2, -0.15) is 5.10 Å². The topological polar surface area (TPSA) is 60.9 Å². The van der Waals surface area contributed by atoms with Crippen LogP contribution in [0.15, 0.2) is 34.9 Å². The molecule has 0 unspecified atom stereocenters.